The molecule has 0 saturated heterocycles. The summed E-state index contributed by atoms with van der Waals surface area (Å²) in [5, 5.41) is 15.1. The molecular weight excluding hydrogens is 570 g/mol. The van der Waals surface area contributed by atoms with Crippen molar-refractivity contribution in [3.05, 3.63) is 101 Å². The van der Waals surface area contributed by atoms with Gasteiger partial charge in [0.2, 0.25) is 0 Å². The molecule has 46 heavy (non-hydrogen) atoms. The van der Waals surface area contributed by atoms with Crippen LogP contribution in [0.5, 0.6) is 0 Å². The summed E-state index contributed by atoms with van der Waals surface area (Å²) < 4.78 is 11.2. The van der Waals surface area contributed by atoms with Gasteiger partial charge in [0.05, 0.1) is 30.3 Å². The molecule has 1 aliphatic rings. The highest BCUT2D eigenvalue weighted by Gasteiger charge is 2.10. The number of benzene rings is 3. The fourth-order valence-electron chi connectivity index (χ4n) is 5.67. The fraction of sp³-hybridized carbons (Fsp3) is 0.425. The summed E-state index contributed by atoms with van der Waals surface area (Å²) in [4.78, 5) is 11.4. The predicted octanol–water partition coefficient (Wildman–Crippen LogP) is 11.4. The number of carbonyl (C=O) groups is 1. The lowest BCUT2D eigenvalue weighted by atomic mass is 10.0. The number of allylic oxidation sites excluding steroid dienone is 3. The van der Waals surface area contributed by atoms with Crippen LogP contribution >= 0.6 is 0 Å². The molecular formula is C40H51N3O3. The molecule has 1 aliphatic carbocycles. The number of fused-ring (bicyclic) bond motifs is 1. The van der Waals surface area contributed by atoms with Gasteiger partial charge in [-0.25, -0.2) is 4.79 Å². The average molecular weight is 622 g/mol. The van der Waals surface area contributed by atoms with Crippen LogP contribution in [0.15, 0.2) is 100 Å². The van der Waals surface area contributed by atoms with Crippen molar-refractivity contribution < 1.29 is 14.3 Å². The maximum atomic E-state index is 11.4. The minimum absolute atomic E-state index is 0.282. The zero-order valence-corrected chi connectivity index (χ0v) is 28.1. The van der Waals surface area contributed by atoms with Crippen molar-refractivity contribution in [1.82, 2.24) is 0 Å². The Bertz CT molecular complexity index is 1550. The molecule has 0 atom stereocenters. The average Bonchev–Trinajstić information content (AvgIpc) is 3.07. The third-order valence-electron chi connectivity index (χ3n) is 8.49. The van der Waals surface area contributed by atoms with E-state index in [0.29, 0.717) is 12.2 Å². The number of unbranched alkanes of at least 4 members (excludes halogenated alkanes) is 7. The number of anilines is 1. The van der Waals surface area contributed by atoms with Gasteiger partial charge in [0, 0.05) is 35.0 Å². The Kier molecular flexibility index (Phi) is 14.1. The van der Waals surface area contributed by atoms with Gasteiger partial charge in [-0.05, 0) is 81.0 Å². The molecule has 0 saturated carbocycles. The Labute approximate surface area is 275 Å². The second-order valence-electron chi connectivity index (χ2n) is 12.2. The monoisotopic (exact) mass is 621 g/mol. The molecule has 244 valence electrons. The van der Waals surface area contributed by atoms with E-state index < -0.39 is 0 Å². The number of nitrogens with zero attached hydrogens (tertiary/aromatic N) is 2. The molecule has 1 N–H and O–H groups in total. The zero-order valence-electron chi connectivity index (χ0n) is 28.1. The first kappa shape index (κ1) is 34.7. The third kappa shape index (κ3) is 11.0. The number of ether oxygens (including phenoxy) is 2. The van der Waals surface area contributed by atoms with Crippen molar-refractivity contribution >= 4 is 33.8 Å². The summed E-state index contributed by atoms with van der Waals surface area (Å²) in [6, 6.07) is 18.8. The van der Waals surface area contributed by atoms with Crippen LogP contribution in [0.25, 0.3) is 10.8 Å². The number of aryl methyl sites for hydroxylation is 2. The first-order valence-corrected chi connectivity index (χ1v) is 17.1. The van der Waals surface area contributed by atoms with Gasteiger partial charge < -0.3 is 14.8 Å². The van der Waals surface area contributed by atoms with Crippen LogP contribution < -0.4 is 5.32 Å². The van der Waals surface area contributed by atoms with E-state index in [1.807, 2.05) is 6.07 Å². The van der Waals surface area contributed by atoms with Crippen LogP contribution in [0.1, 0.15) is 89.2 Å². The summed E-state index contributed by atoms with van der Waals surface area (Å²) in [5.41, 5.74) is 7.29. The summed E-state index contributed by atoms with van der Waals surface area (Å²) >= 11 is 0. The van der Waals surface area contributed by atoms with Crippen molar-refractivity contribution in [2.45, 2.75) is 91.4 Å². The van der Waals surface area contributed by atoms with Crippen molar-refractivity contribution in [3.8, 4) is 0 Å². The number of carbonyl (C=O) groups excluding carboxylic acids is 1. The van der Waals surface area contributed by atoms with Gasteiger partial charge in [-0.3, -0.25) is 0 Å². The summed E-state index contributed by atoms with van der Waals surface area (Å²) in [7, 11) is 0. The van der Waals surface area contributed by atoms with Gasteiger partial charge in [0.1, 0.15) is 0 Å². The lowest BCUT2D eigenvalue weighted by Crippen LogP contribution is -2.08. The van der Waals surface area contributed by atoms with Crippen LogP contribution in [0.4, 0.5) is 17.1 Å². The van der Waals surface area contributed by atoms with E-state index in [0.717, 1.165) is 85.3 Å². The number of hydrogen-bond donors (Lipinski definition) is 1. The quantitative estimate of drug-likeness (QED) is 0.0625. The highest BCUT2D eigenvalue weighted by molar-refractivity contribution is 6.00. The zero-order chi connectivity index (χ0) is 32.6. The number of hydrogen-bond acceptors (Lipinski definition) is 6. The van der Waals surface area contributed by atoms with Crippen LogP contribution in [0.3, 0.4) is 0 Å². The molecule has 0 heterocycles. The molecule has 0 radical (unpaired) electrons. The fourth-order valence-corrected chi connectivity index (χ4v) is 5.67. The molecule has 3 aromatic rings. The van der Waals surface area contributed by atoms with E-state index in [1.165, 1.54) is 48.8 Å². The van der Waals surface area contributed by atoms with Crippen LogP contribution in [-0.2, 0) is 20.7 Å². The maximum absolute atomic E-state index is 11.4. The normalized spacial score (nSPS) is 13.0. The number of esters is 1. The Morgan fingerprint density at radius 3 is 2.24 bits per heavy atom. The number of azo groups is 1. The van der Waals surface area contributed by atoms with E-state index in [9.17, 15) is 4.79 Å². The molecule has 0 aliphatic heterocycles. The molecule has 0 fully saturated rings. The topological polar surface area (TPSA) is 72.3 Å². The first-order chi connectivity index (χ1) is 22.4. The van der Waals surface area contributed by atoms with Gasteiger partial charge in [-0.15, -0.1) is 5.11 Å². The minimum atomic E-state index is -0.282. The summed E-state index contributed by atoms with van der Waals surface area (Å²) in [6.07, 6.45) is 16.6. The highest BCUT2D eigenvalue weighted by Crippen LogP contribution is 2.33. The number of rotatable bonds is 19. The van der Waals surface area contributed by atoms with Gasteiger partial charge in [0.25, 0.3) is 0 Å². The largest absolute Gasteiger partial charge is 0.498 e. The Morgan fingerprint density at radius 2 is 1.57 bits per heavy atom. The van der Waals surface area contributed by atoms with E-state index in [2.05, 4.69) is 96.7 Å². The summed E-state index contributed by atoms with van der Waals surface area (Å²) in [5.74, 6) is 0.811. The Hall–Kier alpha value is -4.19. The molecule has 0 amide bonds. The third-order valence-corrected chi connectivity index (χ3v) is 8.49. The molecule has 0 unspecified atom stereocenters. The SMILES string of the molecule is C=C(C)C(=O)OCCCCCCCCCCOC1=CC=C(CNc2ccc(/N=N/c3ccc(CC)c(C)c3)c3ccccc23)CC1. The molecule has 6 nitrogen and oxygen atoms in total. The van der Waals surface area contributed by atoms with E-state index in [4.69, 9.17) is 9.47 Å². The first-order valence-electron chi connectivity index (χ1n) is 17.1. The van der Waals surface area contributed by atoms with Crippen LogP contribution in [0.2, 0.25) is 0 Å². The predicted molar refractivity (Wildman–Crippen MR) is 191 cm³/mol. The lowest BCUT2D eigenvalue weighted by Gasteiger charge is -2.17. The van der Waals surface area contributed by atoms with Gasteiger partial charge in [0.15, 0.2) is 0 Å². The van der Waals surface area contributed by atoms with Crippen molar-refractivity contribution in [1.29, 1.82) is 0 Å². The van der Waals surface area contributed by atoms with Crippen molar-refractivity contribution in [2.24, 2.45) is 10.2 Å². The molecule has 0 bridgehead atoms. The van der Waals surface area contributed by atoms with Crippen molar-refractivity contribution in [2.75, 3.05) is 25.1 Å². The molecule has 4 rings (SSSR count). The van der Waals surface area contributed by atoms with E-state index in [-0.39, 0.29) is 5.97 Å². The van der Waals surface area contributed by atoms with Crippen molar-refractivity contribution in [3.63, 3.8) is 0 Å². The van der Waals surface area contributed by atoms with E-state index >= 15 is 0 Å². The smallest absolute Gasteiger partial charge is 0.333 e. The summed E-state index contributed by atoms with van der Waals surface area (Å²) in [6.45, 7) is 11.7. The second-order valence-corrected chi connectivity index (χ2v) is 12.2. The molecule has 6 heteroatoms. The number of nitrogens with one attached hydrogen (secondary N) is 1. The maximum Gasteiger partial charge on any atom is 0.333 e. The van der Waals surface area contributed by atoms with Gasteiger partial charge >= 0.3 is 5.97 Å². The Balaban J connectivity index is 1.15. The minimum Gasteiger partial charge on any atom is -0.498 e. The van der Waals surface area contributed by atoms with Gasteiger partial charge in [-0.1, -0.05) is 94.0 Å². The van der Waals surface area contributed by atoms with Crippen LogP contribution in [0, 0.1) is 6.92 Å². The van der Waals surface area contributed by atoms with E-state index in [1.54, 1.807) is 6.92 Å². The van der Waals surface area contributed by atoms with Gasteiger partial charge in [-0.2, -0.15) is 5.11 Å². The highest BCUT2D eigenvalue weighted by atomic mass is 16.5. The standard InChI is InChI=1S/C40H51N3O3/c1-5-33-20-21-34(28-31(33)4)42-43-39-25-24-38(36-16-12-13-17-37(36)39)41-29-32-18-22-35(23-19-32)45-26-14-10-8-6-7-9-11-15-27-46-40(44)30(2)3/h12-13,16-18,20-22,24-25,28,41H,2,5-11,14-15,19,23,26-27,29H2,1,3-4H3/b43-42+. The molecule has 0 aromatic heterocycles. The van der Waals surface area contributed by atoms with Crippen LogP contribution in [-0.4, -0.2) is 25.7 Å². The molecule has 3 aromatic carbocycles. The Morgan fingerprint density at radius 1 is 0.848 bits per heavy atom. The molecule has 0 spiro atoms. The lowest BCUT2D eigenvalue weighted by molar-refractivity contribution is -0.139. The second kappa shape index (κ2) is 18.7.